The van der Waals surface area contributed by atoms with E-state index in [-0.39, 0.29) is 29.7 Å². The van der Waals surface area contributed by atoms with Crippen LogP contribution >= 0.6 is 0 Å². The molecule has 0 saturated heterocycles. The average molecular weight is 538 g/mol. The fourth-order valence-electron chi connectivity index (χ4n) is 6.25. The summed E-state index contributed by atoms with van der Waals surface area (Å²) in [6.45, 7) is 0. The quantitative estimate of drug-likeness (QED) is 0.196. The molecule has 0 aliphatic carbocycles. The van der Waals surface area contributed by atoms with Crippen molar-refractivity contribution in [3.05, 3.63) is 170 Å². The second kappa shape index (κ2) is 10.2. The Morgan fingerprint density at radius 3 is 1.52 bits per heavy atom. The van der Waals surface area contributed by atoms with Gasteiger partial charge >= 0.3 is 0 Å². The molecule has 0 saturated carbocycles. The van der Waals surface area contributed by atoms with Gasteiger partial charge in [-0.15, -0.1) is 0 Å². The van der Waals surface area contributed by atoms with E-state index in [2.05, 4.69) is 97.1 Å². The normalized spacial score (nSPS) is 13.0. The summed E-state index contributed by atoms with van der Waals surface area (Å²) in [5.74, 6) is 0. The maximum absolute atomic E-state index is 8.79. The van der Waals surface area contributed by atoms with Crippen LogP contribution in [0.3, 0.4) is 0 Å². The molecule has 0 unspecified atom stereocenters. The smallest absolute Gasteiger partial charge is 0.0622 e. The van der Waals surface area contributed by atoms with Gasteiger partial charge in [0.15, 0.2) is 0 Å². The van der Waals surface area contributed by atoms with Gasteiger partial charge in [0.2, 0.25) is 0 Å². The molecule has 8 rings (SSSR count). The lowest BCUT2D eigenvalue weighted by atomic mass is 9.85. The molecular weight excluding hydrogens is 504 g/mol. The van der Waals surface area contributed by atoms with Crippen LogP contribution in [0, 0.1) is 0 Å². The maximum atomic E-state index is 8.79. The van der Waals surface area contributed by atoms with Gasteiger partial charge in [-0.25, -0.2) is 0 Å². The Morgan fingerprint density at radius 1 is 0.333 bits per heavy atom. The van der Waals surface area contributed by atoms with Crippen LogP contribution < -0.4 is 0 Å². The highest BCUT2D eigenvalue weighted by molar-refractivity contribution is 6.21. The standard InChI is InChI=1S/C42H28/c1-3-12-29(13-4-1)33-26-27-36-34(28-33)16-11-21-35(36)30-22-24-32(25-23-30)42-39-19-9-7-17-37(39)41(31-14-5-2-6-15-31)38-18-8-10-20-40(38)42/h1-28H/i2D,5D,6D,14D,15D. The fourth-order valence-corrected chi connectivity index (χ4v) is 6.25. The first kappa shape index (κ1) is 19.6. The van der Waals surface area contributed by atoms with Crippen LogP contribution in [-0.2, 0) is 0 Å². The Labute approximate surface area is 253 Å². The fraction of sp³-hybridized carbons (Fsp3) is 0. The molecule has 0 heterocycles. The van der Waals surface area contributed by atoms with Gasteiger partial charge in [0, 0.05) is 0 Å². The summed E-state index contributed by atoms with van der Waals surface area (Å²) in [6.07, 6.45) is 0. The van der Waals surface area contributed by atoms with E-state index in [0.29, 0.717) is 5.56 Å². The summed E-state index contributed by atoms with van der Waals surface area (Å²) >= 11 is 0. The molecule has 0 fully saturated rings. The Hall–Kier alpha value is -5.46. The minimum Gasteiger partial charge on any atom is -0.0622 e. The first-order valence-electron chi connectivity index (χ1n) is 16.6. The van der Waals surface area contributed by atoms with Gasteiger partial charge < -0.3 is 0 Å². The van der Waals surface area contributed by atoms with Gasteiger partial charge in [0.1, 0.15) is 0 Å². The molecule has 8 aromatic rings. The van der Waals surface area contributed by atoms with Crippen molar-refractivity contribution in [1.82, 2.24) is 0 Å². The molecule has 0 bridgehead atoms. The second-order valence-corrected chi connectivity index (χ2v) is 10.5. The van der Waals surface area contributed by atoms with Crippen molar-refractivity contribution in [1.29, 1.82) is 0 Å². The molecule has 0 heteroatoms. The molecular formula is C42H28. The van der Waals surface area contributed by atoms with Crippen LogP contribution in [-0.4, -0.2) is 0 Å². The van der Waals surface area contributed by atoms with Crippen LogP contribution in [0.2, 0.25) is 0 Å². The zero-order valence-corrected chi connectivity index (χ0v) is 22.8. The van der Waals surface area contributed by atoms with E-state index in [4.69, 9.17) is 6.85 Å². The van der Waals surface area contributed by atoms with Crippen molar-refractivity contribution in [2.45, 2.75) is 0 Å². The first-order valence-corrected chi connectivity index (χ1v) is 14.1. The molecule has 0 nitrogen and oxygen atoms in total. The first-order chi connectivity index (χ1) is 22.9. The molecule has 0 spiro atoms. The van der Waals surface area contributed by atoms with Crippen molar-refractivity contribution in [2.24, 2.45) is 0 Å². The lowest BCUT2D eigenvalue weighted by molar-refractivity contribution is 1.62. The average Bonchev–Trinajstić information content (AvgIpc) is 3.13. The minimum absolute atomic E-state index is 0.200. The largest absolute Gasteiger partial charge is 0.0629 e. The lowest BCUT2D eigenvalue weighted by Crippen LogP contribution is -1.91. The van der Waals surface area contributed by atoms with E-state index in [0.717, 1.165) is 38.2 Å². The third kappa shape index (κ3) is 4.08. The summed E-state index contributed by atoms with van der Waals surface area (Å²) < 4.78 is 42.4. The van der Waals surface area contributed by atoms with Crippen molar-refractivity contribution in [3.63, 3.8) is 0 Å². The van der Waals surface area contributed by atoms with Gasteiger partial charge in [-0.2, -0.15) is 0 Å². The molecule has 0 aliphatic heterocycles. The van der Waals surface area contributed by atoms with E-state index in [9.17, 15) is 0 Å². The topological polar surface area (TPSA) is 0 Å². The Kier molecular flexibility index (Phi) is 4.75. The van der Waals surface area contributed by atoms with Crippen LogP contribution in [0.1, 0.15) is 6.85 Å². The minimum atomic E-state index is -0.392. The van der Waals surface area contributed by atoms with Crippen LogP contribution in [0.15, 0.2) is 170 Å². The van der Waals surface area contributed by atoms with Gasteiger partial charge in [-0.05, 0) is 82.9 Å². The predicted molar refractivity (Wildman–Crippen MR) is 181 cm³/mol. The third-order valence-electron chi connectivity index (χ3n) is 8.15. The van der Waals surface area contributed by atoms with Crippen LogP contribution in [0.4, 0.5) is 0 Å². The molecule has 0 aliphatic rings. The molecule has 0 atom stereocenters. The molecule has 42 heavy (non-hydrogen) atoms. The summed E-state index contributed by atoms with van der Waals surface area (Å²) in [6, 6.07) is 46.6. The monoisotopic (exact) mass is 537 g/mol. The number of fused-ring (bicyclic) bond motifs is 3. The SMILES string of the molecule is [2H]c1c([2H])c([2H])c(-c2c3ccccc3c(-c3ccc(-c4cccc5cc(-c6ccccc6)ccc45)cc3)c3ccccc23)c([2H])c1[2H]. The molecule has 196 valence electrons. The van der Waals surface area contributed by atoms with Crippen molar-refractivity contribution >= 4 is 32.3 Å². The van der Waals surface area contributed by atoms with E-state index in [1.807, 2.05) is 42.5 Å². The molecule has 0 radical (unpaired) electrons. The van der Waals surface area contributed by atoms with Crippen molar-refractivity contribution in [2.75, 3.05) is 0 Å². The number of rotatable bonds is 4. The molecule has 8 aromatic carbocycles. The van der Waals surface area contributed by atoms with Crippen LogP contribution in [0.5, 0.6) is 0 Å². The highest BCUT2D eigenvalue weighted by Gasteiger charge is 2.16. The Bertz CT molecular complexity index is 2410. The third-order valence-corrected chi connectivity index (χ3v) is 8.15. The number of hydrogen-bond acceptors (Lipinski definition) is 0. The molecule has 0 N–H and O–H groups in total. The summed E-state index contributed by atoms with van der Waals surface area (Å²) in [4.78, 5) is 0. The van der Waals surface area contributed by atoms with E-state index >= 15 is 0 Å². The summed E-state index contributed by atoms with van der Waals surface area (Å²) in [5, 5.41) is 5.98. The van der Waals surface area contributed by atoms with Crippen LogP contribution in [0.25, 0.3) is 76.8 Å². The maximum Gasteiger partial charge on any atom is 0.0629 e. The van der Waals surface area contributed by atoms with Gasteiger partial charge in [-0.1, -0.05) is 164 Å². The second-order valence-electron chi connectivity index (χ2n) is 10.5. The number of benzene rings is 8. The van der Waals surface area contributed by atoms with Gasteiger partial charge in [0.25, 0.3) is 0 Å². The number of hydrogen-bond donors (Lipinski definition) is 0. The lowest BCUT2D eigenvalue weighted by Gasteiger charge is -2.18. The zero-order valence-electron chi connectivity index (χ0n) is 27.8. The highest BCUT2D eigenvalue weighted by Crippen LogP contribution is 2.44. The summed E-state index contributed by atoms with van der Waals surface area (Å²) in [7, 11) is 0. The van der Waals surface area contributed by atoms with Gasteiger partial charge in [-0.3, -0.25) is 0 Å². The summed E-state index contributed by atoms with van der Waals surface area (Å²) in [5.41, 5.74) is 7.63. The van der Waals surface area contributed by atoms with E-state index in [1.54, 1.807) is 0 Å². The zero-order chi connectivity index (χ0) is 32.2. The molecule has 0 aromatic heterocycles. The van der Waals surface area contributed by atoms with Crippen molar-refractivity contribution < 1.29 is 6.85 Å². The highest BCUT2D eigenvalue weighted by atomic mass is 14.2. The predicted octanol–water partition coefficient (Wildman–Crippen LogP) is 11.8. The van der Waals surface area contributed by atoms with E-state index in [1.165, 1.54) is 27.5 Å². The molecule has 0 amide bonds. The van der Waals surface area contributed by atoms with Gasteiger partial charge in [0.05, 0.1) is 6.85 Å². The van der Waals surface area contributed by atoms with E-state index < -0.39 is 6.04 Å². The Balaban J connectivity index is 1.30. The Morgan fingerprint density at radius 2 is 0.881 bits per heavy atom. The van der Waals surface area contributed by atoms with Crippen molar-refractivity contribution in [3.8, 4) is 44.5 Å².